The number of hydrogen-bond donors (Lipinski definition) is 3. The largest absolute Gasteiger partial charge is 1.00 e. The van der Waals surface area contributed by atoms with E-state index in [4.69, 9.17) is 4.74 Å². The van der Waals surface area contributed by atoms with Gasteiger partial charge in [-0.1, -0.05) is 70.1 Å². The molecule has 0 amide bonds. The van der Waals surface area contributed by atoms with Crippen LogP contribution in [0.2, 0.25) is 0 Å². The zero-order chi connectivity index (χ0) is 30.2. The summed E-state index contributed by atoms with van der Waals surface area (Å²) in [5, 5.41) is -0.580. The van der Waals surface area contributed by atoms with Gasteiger partial charge in [0.15, 0.2) is 0 Å². The molecule has 0 aromatic heterocycles. The molecule has 4 aromatic rings. The number of hydrogen-bond acceptors (Lipinski definition) is 8. The van der Waals surface area contributed by atoms with E-state index in [1.54, 1.807) is 0 Å². The van der Waals surface area contributed by atoms with Crippen molar-refractivity contribution in [3.8, 4) is 5.75 Å². The minimum Gasteiger partial charge on any atom is -1.00 e. The molecule has 0 saturated carbocycles. The first-order valence-electron chi connectivity index (χ1n) is 13.1. The second kappa shape index (κ2) is 17.0. The van der Waals surface area contributed by atoms with Gasteiger partial charge in [-0.15, -0.1) is 0 Å². The predicted octanol–water partition coefficient (Wildman–Crippen LogP) is -2.89. The average Bonchev–Trinajstić information content (AvgIpc) is 2.87. The second-order valence-corrected chi connectivity index (χ2v) is 14.1. The molecule has 11 nitrogen and oxygen atoms in total. The van der Waals surface area contributed by atoms with Crippen LogP contribution in [0.1, 0.15) is 69.0 Å². The van der Waals surface area contributed by atoms with Gasteiger partial charge in [0.2, 0.25) is 0 Å². The Balaban J connectivity index is -0.00000323. The molecule has 0 radical (unpaired) electrons. The Morgan fingerprint density at radius 2 is 0.977 bits per heavy atom. The zero-order valence-electron chi connectivity index (χ0n) is 28.2. The number of unbranched alkanes of at least 4 members (excludes halogenated alkanes) is 7. The third-order valence-corrected chi connectivity index (χ3v) is 9.72. The molecule has 17 heteroatoms. The van der Waals surface area contributed by atoms with Crippen LogP contribution in [0.4, 0.5) is 0 Å². The Kier molecular flexibility index (Phi) is 16.3. The Bertz CT molecular complexity index is 1930. The molecule has 0 saturated heterocycles. The average molecular weight is 699 g/mol. The van der Waals surface area contributed by atoms with Crippen molar-refractivity contribution in [1.82, 2.24) is 0 Å². The van der Waals surface area contributed by atoms with Gasteiger partial charge in [0.25, 0.3) is 30.4 Å². The fourth-order valence-corrected chi connectivity index (χ4v) is 7.38. The van der Waals surface area contributed by atoms with Gasteiger partial charge in [0.1, 0.15) is 20.4 Å². The van der Waals surface area contributed by atoms with Crippen LogP contribution in [0, 0.1) is 0 Å². The van der Waals surface area contributed by atoms with E-state index in [1.165, 1.54) is 31.0 Å². The number of benzene rings is 4. The topological polar surface area (TPSA) is 189 Å². The molecule has 0 spiro atoms. The van der Waals surface area contributed by atoms with Crippen LogP contribution < -0.4 is 93.4 Å². The van der Waals surface area contributed by atoms with Crippen LogP contribution in [0.3, 0.4) is 0 Å². The van der Waals surface area contributed by atoms with Crippen molar-refractivity contribution in [3.05, 3.63) is 36.4 Å². The number of rotatable bonds is 13. The Labute approximate surface area is 327 Å². The van der Waals surface area contributed by atoms with E-state index in [0.29, 0.717) is 12.5 Å². The summed E-state index contributed by atoms with van der Waals surface area (Å²) in [7, 11) is -15.0. The molecule has 4 rings (SSSR count). The molecule has 0 aliphatic carbocycles. The summed E-state index contributed by atoms with van der Waals surface area (Å²) in [6.45, 7) is 2.14. The molecule has 228 valence electrons. The Hall–Kier alpha value is 0.120. The van der Waals surface area contributed by atoms with E-state index in [0.717, 1.165) is 44.2 Å². The number of carbonyl (C=O) groups excluding carboxylic acids is 1. The summed E-state index contributed by atoms with van der Waals surface area (Å²) >= 11 is 0. The van der Waals surface area contributed by atoms with E-state index in [9.17, 15) is 43.7 Å². The van der Waals surface area contributed by atoms with Gasteiger partial charge >= 0.3 is 94.6 Å². The van der Waals surface area contributed by atoms with E-state index in [2.05, 4.69) is 6.92 Å². The van der Waals surface area contributed by atoms with Crippen LogP contribution in [0.15, 0.2) is 51.1 Å². The molecule has 0 aliphatic heterocycles. The van der Waals surface area contributed by atoms with Gasteiger partial charge in [-0.2, -0.15) is 25.3 Å². The van der Waals surface area contributed by atoms with Crippen molar-refractivity contribution in [2.24, 2.45) is 0 Å². The van der Waals surface area contributed by atoms with Crippen LogP contribution in [0.5, 0.6) is 5.75 Å². The smallest absolute Gasteiger partial charge is 1.00 e. The second-order valence-electron chi connectivity index (χ2n) is 9.94. The first-order chi connectivity index (χ1) is 19.1. The van der Waals surface area contributed by atoms with E-state index >= 15 is 0 Å². The predicted molar refractivity (Wildman–Crippen MR) is 156 cm³/mol. The van der Waals surface area contributed by atoms with Gasteiger partial charge in [-0.3, -0.25) is 18.5 Å². The first-order valence-corrected chi connectivity index (χ1v) is 17.4. The minimum absolute atomic E-state index is 0. The molecule has 0 atom stereocenters. The monoisotopic (exact) mass is 698 g/mol. The van der Waals surface area contributed by atoms with Gasteiger partial charge in [0, 0.05) is 44.8 Å². The molecule has 3 N–H and O–H groups in total. The summed E-state index contributed by atoms with van der Waals surface area (Å²) in [4.78, 5) is 10.4. The quantitative estimate of drug-likeness (QED) is 0.0325. The van der Waals surface area contributed by atoms with E-state index < -0.39 is 51.0 Å². The zero-order valence-corrected chi connectivity index (χ0v) is 33.6. The molecular formula is C27H33Na3O11S3. The summed E-state index contributed by atoms with van der Waals surface area (Å²) < 4.78 is 109. The van der Waals surface area contributed by atoms with Crippen molar-refractivity contribution in [2.45, 2.75) is 79.4 Å². The molecule has 0 bridgehead atoms. The van der Waals surface area contributed by atoms with Gasteiger partial charge in [-0.25, -0.2) is 0 Å². The Morgan fingerprint density at radius 1 is 0.614 bits per heavy atom. The van der Waals surface area contributed by atoms with Crippen LogP contribution in [-0.2, 0) is 35.1 Å². The molecule has 44 heavy (non-hydrogen) atoms. The van der Waals surface area contributed by atoms with Gasteiger partial charge < -0.3 is 9.02 Å². The van der Waals surface area contributed by atoms with E-state index in [-0.39, 0.29) is 137 Å². The minimum atomic E-state index is -5.03. The molecule has 0 fully saturated rings. The molecular weight excluding hydrogens is 665 g/mol. The van der Waals surface area contributed by atoms with Crippen molar-refractivity contribution in [3.63, 3.8) is 0 Å². The van der Waals surface area contributed by atoms with Gasteiger partial charge in [-0.05, 0) is 18.6 Å². The summed E-state index contributed by atoms with van der Waals surface area (Å²) in [6.07, 6.45) is 8.01. The summed E-state index contributed by atoms with van der Waals surface area (Å²) in [5.41, 5.74) is 0. The number of esters is 1. The normalized spacial score (nSPS) is 12.1. The maximum absolute atomic E-state index is 12.7. The van der Waals surface area contributed by atoms with E-state index in [1.807, 2.05) is 0 Å². The molecule has 0 unspecified atom stereocenters. The number of ether oxygens (including phenoxy) is 1. The fourth-order valence-electron chi connectivity index (χ4n) is 5.17. The maximum atomic E-state index is 12.7. The Morgan fingerprint density at radius 3 is 1.41 bits per heavy atom. The van der Waals surface area contributed by atoms with Crippen LogP contribution in [0.25, 0.3) is 32.3 Å². The molecule has 0 heterocycles. The summed E-state index contributed by atoms with van der Waals surface area (Å²) in [6, 6.07) is 6.46. The fraction of sp³-hybridized carbons (Fsp3) is 0.370. The molecule has 0 aliphatic rings. The van der Waals surface area contributed by atoms with Crippen molar-refractivity contribution in [2.75, 3.05) is 0 Å². The van der Waals surface area contributed by atoms with Crippen molar-refractivity contribution < 1.29 is 141 Å². The van der Waals surface area contributed by atoms with Crippen molar-refractivity contribution >= 4 is 68.6 Å². The SMILES string of the molecule is CCCCCCCCCCC(=O)Oc1cc(S(=O)(=O)O)c2ccc3c(S(=O)(=O)O)cc(S(=O)(=O)O)c4ccc1c2c43.[H-].[H-].[H-].[Na+].[Na+].[Na+]. The summed E-state index contributed by atoms with van der Waals surface area (Å²) in [5.74, 6) is -0.917. The standard InChI is InChI=1S/C27H30O11S3.3Na.3H/c1-2-3-4-5-6-7-8-9-10-25(28)38-21-15-22(39(29,30)31)18-13-14-20-24(41(35,36)37)16-23(40(32,33)34)19-12-11-17(21)26(18)27(19)20;;;;;;/h11-16H,2-10H2,1H3,(H,29,30,31)(H,32,33,34)(H,35,36,37);;;;;;/q;3*+1;3*-1. The molecule has 4 aromatic carbocycles. The third-order valence-electron chi connectivity index (χ3n) is 7.04. The third kappa shape index (κ3) is 9.60. The van der Waals surface area contributed by atoms with Gasteiger partial charge in [0.05, 0.1) is 0 Å². The van der Waals surface area contributed by atoms with Crippen LogP contribution in [-0.4, -0.2) is 44.9 Å². The maximum Gasteiger partial charge on any atom is 1.00 e. The van der Waals surface area contributed by atoms with Crippen molar-refractivity contribution in [1.29, 1.82) is 0 Å². The number of carbonyl (C=O) groups is 1. The first kappa shape index (κ1) is 42.1. The van der Waals surface area contributed by atoms with Crippen LogP contribution >= 0.6 is 0 Å².